The average Bonchev–Trinajstić information content (AvgIpc) is 2.56. The van der Waals surface area contributed by atoms with E-state index in [1.54, 1.807) is 0 Å². The summed E-state index contributed by atoms with van der Waals surface area (Å²) in [6.07, 6.45) is -5.14. The Kier molecular flexibility index (Phi) is 2.98. The number of amides is 1. The molecule has 1 aliphatic heterocycles. The largest absolute Gasteiger partial charge is 0.573 e. The van der Waals surface area contributed by atoms with Crippen LogP contribution < -0.4 is 9.64 Å². The Balaban J connectivity index is 2.33. The molecule has 4 nitrogen and oxygen atoms in total. The first kappa shape index (κ1) is 12.4. The predicted octanol–water partition coefficient (Wildman–Crippen LogP) is 1.89. The Bertz CT molecular complexity index is 499. The highest BCUT2D eigenvalue weighted by Gasteiger charge is 2.35. The summed E-state index contributed by atoms with van der Waals surface area (Å²) in [6, 6.07) is 5.22. The highest BCUT2D eigenvalue weighted by atomic mass is 19.4. The Morgan fingerprint density at radius 1 is 1.17 bits per heavy atom. The zero-order valence-electron chi connectivity index (χ0n) is 9.03. The third-order valence-corrected chi connectivity index (χ3v) is 2.37. The number of para-hydroxylation sites is 2. The van der Waals surface area contributed by atoms with E-state index < -0.39 is 18.0 Å². The van der Waals surface area contributed by atoms with Gasteiger partial charge < -0.3 is 9.64 Å². The fourth-order valence-corrected chi connectivity index (χ4v) is 1.70. The number of hydrogen-bond acceptors (Lipinski definition) is 3. The normalized spacial score (nSPS) is 16.3. The fraction of sp³-hybridized carbons (Fsp3) is 0.273. The molecule has 1 heterocycles. The fourth-order valence-electron chi connectivity index (χ4n) is 1.70. The van der Waals surface area contributed by atoms with Crippen LogP contribution in [0.4, 0.5) is 18.9 Å². The third kappa shape index (κ3) is 2.61. The van der Waals surface area contributed by atoms with Crippen LogP contribution in [0.25, 0.3) is 0 Å². The first-order valence-corrected chi connectivity index (χ1v) is 5.03. The van der Waals surface area contributed by atoms with Crippen molar-refractivity contribution >= 4 is 17.4 Å². The van der Waals surface area contributed by atoms with Crippen LogP contribution in [0, 0.1) is 0 Å². The van der Waals surface area contributed by atoms with Gasteiger partial charge in [0.05, 0.1) is 18.7 Å². The van der Waals surface area contributed by atoms with E-state index in [1.165, 1.54) is 18.2 Å². The summed E-state index contributed by atoms with van der Waals surface area (Å²) in [5.41, 5.74) is -0.0503. The smallest absolute Gasteiger partial charge is 0.404 e. The van der Waals surface area contributed by atoms with Crippen molar-refractivity contribution in [2.75, 3.05) is 11.4 Å². The van der Waals surface area contributed by atoms with E-state index in [-0.39, 0.29) is 24.4 Å². The van der Waals surface area contributed by atoms with Crippen LogP contribution in [-0.4, -0.2) is 24.6 Å². The lowest BCUT2D eigenvalue weighted by atomic mass is 10.2. The lowest BCUT2D eigenvalue weighted by Gasteiger charge is -2.19. The molecule has 0 N–H and O–H groups in total. The molecule has 96 valence electrons. The van der Waals surface area contributed by atoms with Gasteiger partial charge in [0.2, 0.25) is 5.91 Å². The Morgan fingerprint density at radius 2 is 1.83 bits per heavy atom. The lowest BCUT2D eigenvalue weighted by Crippen LogP contribution is -2.26. The number of hydrogen-bond donors (Lipinski definition) is 0. The molecule has 1 amide bonds. The van der Waals surface area contributed by atoms with Crippen LogP contribution in [-0.2, 0) is 9.59 Å². The zero-order chi connectivity index (χ0) is 13.3. The molecule has 18 heavy (non-hydrogen) atoms. The molecule has 0 aromatic heterocycles. The molecular formula is C11H8F3NO3. The van der Waals surface area contributed by atoms with Gasteiger partial charge in [0.1, 0.15) is 0 Å². The van der Waals surface area contributed by atoms with Crippen LogP contribution in [0.3, 0.4) is 0 Å². The third-order valence-electron chi connectivity index (χ3n) is 2.37. The van der Waals surface area contributed by atoms with Crippen LogP contribution in [0.1, 0.15) is 6.42 Å². The quantitative estimate of drug-likeness (QED) is 0.762. The topological polar surface area (TPSA) is 46.6 Å². The summed E-state index contributed by atoms with van der Waals surface area (Å²) in [6.45, 7) is -0.225. The van der Waals surface area contributed by atoms with Crippen molar-refractivity contribution in [1.29, 1.82) is 0 Å². The van der Waals surface area contributed by atoms with Crippen molar-refractivity contribution in [3.63, 3.8) is 0 Å². The molecule has 0 radical (unpaired) electrons. The number of Topliss-reactive ketones (excluding diaryl/α,β-unsaturated/α-hetero) is 1. The highest BCUT2D eigenvalue weighted by molar-refractivity contribution is 6.15. The Labute approximate surface area is 99.9 Å². The number of ketones is 1. The number of benzene rings is 1. The summed E-state index contributed by atoms with van der Waals surface area (Å²) in [5, 5.41) is 0. The van der Waals surface area contributed by atoms with Crippen molar-refractivity contribution in [2.45, 2.75) is 12.8 Å². The van der Waals surface area contributed by atoms with Gasteiger partial charge in [0.15, 0.2) is 11.5 Å². The van der Waals surface area contributed by atoms with Gasteiger partial charge in [0.25, 0.3) is 0 Å². The van der Waals surface area contributed by atoms with E-state index in [9.17, 15) is 22.8 Å². The maximum absolute atomic E-state index is 12.2. The Hall–Kier alpha value is -2.05. The number of halogens is 3. The van der Waals surface area contributed by atoms with Gasteiger partial charge in [-0.25, -0.2) is 0 Å². The van der Waals surface area contributed by atoms with Gasteiger partial charge in [-0.3, -0.25) is 9.59 Å². The predicted molar refractivity (Wildman–Crippen MR) is 55.1 cm³/mol. The molecule has 1 aliphatic rings. The van der Waals surface area contributed by atoms with Crippen molar-refractivity contribution in [2.24, 2.45) is 0 Å². The number of rotatable bonds is 2. The molecule has 0 spiro atoms. The number of nitrogens with zero attached hydrogens (tertiary/aromatic N) is 1. The standard InChI is InChI=1S/C11H8F3NO3/c12-11(13,14)18-9-4-2-1-3-8(9)15-6-7(16)5-10(15)17/h1-4H,5-6H2. The molecule has 0 saturated carbocycles. The summed E-state index contributed by atoms with van der Waals surface area (Å²) in [7, 11) is 0. The zero-order valence-corrected chi connectivity index (χ0v) is 9.03. The summed E-state index contributed by atoms with van der Waals surface area (Å²) in [5.74, 6) is -1.35. The molecule has 2 rings (SSSR count). The lowest BCUT2D eigenvalue weighted by molar-refractivity contribution is -0.274. The molecule has 0 atom stereocenters. The van der Waals surface area contributed by atoms with Crippen molar-refractivity contribution < 1.29 is 27.5 Å². The Morgan fingerprint density at radius 3 is 2.39 bits per heavy atom. The number of ether oxygens (including phenoxy) is 1. The van der Waals surface area contributed by atoms with Gasteiger partial charge in [-0.15, -0.1) is 13.2 Å². The second-order valence-corrected chi connectivity index (χ2v) is 3.71. The maximum Gasteiger partial charge on any atom is 0.573 e. The second kappa shape index (κ2) is 4.32. The van der Waals surface area contributed by atoms with Crippen molar-refractivity contribution in [3.8, 4) is 5.75 Å². The van der Waals surface area contributed by atoms with Crippen LogP contribution in [0.15, 0.2) is 24.3 Å². The molecule has 1 saturated heterocycles. The SMILES string of the molecule is O=C1CC(=O)N(c2ccccc2OC(F)(F)F)C1. The molecule has 0 unspecified atom stereocenters. The van der Waals surface area contributed by atoms with Gasteiger partial charge in [-0.05, 0) is 12.1 Å². The van der Waals surface area contributed by atoms with E-state index in [0.717, 1.165) is 11.0 Å². The number of anilines is 1. The summed E-state index contributed by atoms with van der Waals surface area (Å²) >= 11 is 0. The molecule has 7 heteroatoms. The van der Waals surface area contributed by atoms with E-state index >= 15 is 0 Å². The molecule has 1 fully saturated rings. The van der Waals surface area contributed by atoms with Gasteiger partial charge >= 0.3 is 6.36 Å². The summed E-state index contributed by atoms with van der Waals surface area (Å²) in [4.78, 5) is 23.6. The average molecular weight is 259 g/mol. The van der Waals surface area contributed by atoms with Gasteiger partial charge in [0, 0.05) is 0 Å². The molecule has 1 aromatic rings. The second-order valence-electron chi connectivity index (χ2n) is 3.71. The van der Waals surface area contributed by atoms with Gasteiger partial charge in [-0.1, -0.05) is 12.1 Å². The summed E-state index contributed by atoms with van der Waals surface area (Å²) < 4.78 is 40.4. The number of carbonyl (C=O) groups excluding carboxylic acids is 2. The molecule has 0 aliphatic carbocycles. The van der Waals surface area contributed by atoms with Crippen molar-refractivity contribution in [1.82, 2.24) is 0 Å². The minimum Gasteiger partial charge on any atom is -0.404 e. The molecular weight excluding hydrogens is 251 g/mol. The first-order valence-electron chi connectivity index (χ1n) is 5.03. The number of alkyl halides is 3. The van der Waals surface area contributed by atoms with Crippen LogP contribution in [0.5, 0.6) is 5.75 Å². The van der Waals surface area contributed by atoms with E-state index in [2.05, 4.69) is 4.74 Å². The van der Waals surface area contributed by atoms with Crippen LogP contribution in [0.2, 0.25) is 0 Å². The van der Waals surface area contributed by atoms with Crippen molar-refractivity contribution in [3.05, 3.63) is 24.3 Å². The van der Waals surface area contributed by atoms with E-state index in [1.807, 2.05) is 0 Å². The minimum absolute atomic E-state index is 0.0503. The number of carbonyl (C=O) groups is 2. The molecule has 1 aromatic carbocycles. The first-order chi connectivity index (χ1) is 8.37. The van der Waals surface area contributed by atoms with Crippen LogP contribution >= 0.6 is 0 Å². The van der Waals surface area contributed by atoms with E-state index in [4.69, 9.17) is 0 Å². The maximum atomic E-state index is 12.2. The highest BCUT2D eigenvalue weighted by Crippen LogP contribution is 2.34. The monoisotopic (exact) mass is 259 g/mol. The minimum atomic E-state index is -4.84. The van der Waals surface area contributed by atoms with Gasteiger partial charge in [-0.2, -0.15) is 0 Å². The van der Waals surface area contributed by atoms with E-state index in [0.29, 0.717) is 0 Å². The molecule has 0 bridgehead atoms.